The minimum absolute atomic E-state index is 0.640. The van der Waals surface area contributed by atoms with E-state index in [2.05, 4.69) is 44.2 Å². The first-order valence-electron chi connectivity index (χ1n) is 7.56. The van der Waals surface area contributed by atoms with Gasteiger partial charge in [0.1, 0.15) is 0 Å². The standard InChI is InChI=1S/C14H27N7/c1-6-15-12-16-13(19(2)3)18-14(17-12)21(5)10-11-7-8-20(4)9-11/h11H,6-10H2,1-5H3,(H,15,16,17,18). The molecule has 0 aromatic carbocycles. The van der Waals surface area contributed by atoms with Crippen LogP contribution in [-0.4, -0.2) is 74.2 Å². The number of rotatable bonds is 6. The van der Waals surface area contributed by atoms with Crippen molar-refractivity contribution in [1.29, 1.82) is 0 Å². The quantitative estimate of drug-likeness (QED) is 0.830. The van der Waals surface area contributed by atoms with Crippen LogP contribution < -0.4 is 15.1 Å². The first-order chi connectivity index (χ1) is 9.99. The van der Waals surface area contributed by atoms with Crippen LogP contribution in [0.25, 0.3) is 0 Å². The molecule has 0 amide bonds. The van der Waals surface area contributed by atoms with E-state index in [-0.39, 0.29) is 0 Å². The Morgan fingerprint density at radius 1 is 1.19 bits per heavy atom. The number of nitrogens with one attached hydrogen (secondary N) is 1. The largest absolute Gasteiger partial charge is 0.354 e. The monoisotopic (exact) mass is 293 g/mol. The van der Waals surface area contributed by atoms with Crippen molar-refractivity contribution in [2.24, 2.45) is 5.92 Å². The fourth-order valence-corrected chi connectivity index (χ4v) is 2.61. The van der Waals surface area contributed by atoms with Crippen LogP contribution in [-0.2, 0) is 0 Å². The zero-order chi connectivity index (χ0) is 15.4. The van der Waals surface area contributed by atoms with Gasteiger partial charge in [0.15, 0.2) is 0 Å². The number of likely N-dealkylation sites (tertiary alicyclic amines) is 1. The zero-order valence-electron chi connectivity index (χ0n) is 13.8. The summed E-state index contributed by atoms with van der Waals surface area (Å²) in [6.45, 7) is 6.15. The summed E-state index contributed by atoms with van der Waals surface area (Å²) in [6.07, 6.45) is 1.24. The van der Waals surface area contributed by atoms with Gasteiger partial charge >= 0.3 is 0 Å². The van der Waals surface area contributed by atoms with Crippen LogP contribution in [0.5, 0.6) is 0 Å². The Morgan fingerprint density at radius 3 is 2.48 bits per heavy atom. The van der Waals surface area contributed by atoms with Crippen LogP contribution in [0.1, 0.15) is 13.3 Å². The van der Waals surface area contributed by atoms with E-state index in [0.717, 1.165) is 25.6 Å². The van der Waals surface area contributed by atoms with Gasteiger partial charge in [-0.25, -0.2) is 0 Å². The van der Waals surface area contributed by atoms with Gasteiger partial charge < -0.3 is 20.0 Å². The highest BCUT2D eigenvalue weighted by Gasteiger charge is 2.22. The summed E-state index contributed by atoms with van der Waals surface area (Å²) < 4.78 is 0. The van der Waals surface area contributed by atoms with Crippen LogP contribution >= 0.6 is 0 Å². The molecule has 0 bridgehead atoms. The number of hydrogen-bond acceptors (Lipinski definition) is 7. The molecule has 1 fully saturated rings. The molecular weight excluding hydrogens is 266 g/mol. The molecular formula is C14H27N7. The van der Waals surface area contributed by atoms with E-state index >= 15 is 0 Å². The molecule has 0 aliphatic carbocycles. The van der Waals surface area contributed by atoms with Crippen molar-refractivity contribution in [3.63, 3.8) is 0 Å². The van der Waals surface area contributed by atoms with Crippen molar-refractivity contribution in [2.75, 3.05) is 69.5 Å². The number of nitrogens with zero attached hydrogens (tertiary/aromatic N) is 6. The lowest BCUT2D eigenvalue weighted by Gasteiger charge is -2.22. The van der Waals surface area contributed by atoms with Gasteiger partial charge in [-0.15, -0.1) is 0 Å². The van der Waals surface area contributed by atoms with E-state index in [9.17, 15) is 0 Å². The molecule has 1 atom stereocenters. The Kier molecular flexibility index (Phi) is 5.17. The molecule has 2 heterocycles. The van der Waals surface area contributed by atoms with Crippen molar-refractivity contribution in [3.05, 3.63) is 0 Å². The molecule has 118 valence electrons. The summed E-state index contributed by atoms with van der Waals surface area (Å²) >= 11 is 0. The SMILES string of the molecule is CCNc1nc(N(C)C)nc(N(C)CC2CCN(C)C2)n1. The highest BCUT2D eigenvalue weighted by Crippen LogP contribution is 2.19. The molecule has 0 saturated carbocycles. The van der Waals surface area contributed by atoms with Gasteiger partial charge in [-0.3, -0.25) is 0 Å². The summed E-state index contributed by atoms with van der Waals surface area (Å²) in [5, 5.41) is 3.17. The van der Waals surface area contributed by atoms with Gasteiger partial charge in [-0.2, -0.15) is 15.0 Å². The van der Waals surface area contributed by atoms with Crippen molar-refractivity contribution < 1.29 is 0 Å². The van der Waals surface area contributed by atoms with Crippen LogP contribution in [0.15, 0.2) is 0 Å². The van der Waals surface area contributed by atoms with Crippen LogP contribution in [0.2, 0.25) is 0 Å². The van der Waals surface area contributed by atoms with E-state index in [1.54, 1.807) is 0 Å². The molecule has 1 N–H and O–H groups in total. The Hall–Kier alpha value is -1.63. The van der Waals surface area contributed by atoms with Crippen molar-refractivity contribution in [2.45, 2.75) is 13.3 Å². The third-order valence-corrected chi connectivity index (χ3v) is 3.71. The first-order valence-corrected chi connectivity index (χ1v) is 7.56. The van der Waals surface area contributed by atoms with Gasteiger partial charge in [0.2, 0.25) is 17.8 Å². The van der Waals surface area contributed by atoms with Gasteiger partial charge in [0.25, 0.3) is 0 Å². The lowest BCUT2D eigenvalue weighted by atomic mass is 10.1. The Morgan fingerprint density at radius 2 is 1.90 bits per heavy atom. The third-order valence-electron chi connectivity index (χ3n) is 3.71. The maximum Gasteiger partial charge on any atom is 0.231 e. The third kappa shape index (κ3) is 4.17. The topological polar surface area (TPSA) is 60.4 Å². The van der Waals surface area contributed by atoms with Gasteiger partial charge in [0.05, 0.1) is 0 Å². The first kappa shape index (κ1) is 15.8. The molecule has 1 aliphatic heterocycles. The Balaban J connectivity index is 2.12. The number of anilines is 3. The van der Waals surface area contributed by atoms with Crippen molar-refractivity contribution >= 4 is 17.8 Å². The minimum atomic E-state index is 0.640. The molecule has 0 radical (unpaired) electrons. The van der Waals surface area contributed by atoms with Crippen LogP contribution in [0.3, 0.4) is 0 Å². The lowest BCUT2D eigenvalue weighted by Crippen LogP contribution is -2.29. The van der Waals surface area contributed by atoms with Gasteiger partial charge in [-0.05, 0) is 32.9 Å². The fourth-order valence-electron chi connectivity index (χ4n) is 2.61. The van der Waals surface area contributed by atoms with E-state index < -0.39 is 0 Å². The summed E-state index contributed by atoms with van der Waals surface area (Å²) in [5.41, 5.74) is 0. The smallest absolute Gasteiger partial charge is 0.231 e. The maximum absolute atomic E-state index is 4.55. The predicted molar refractivity (Wildman–Crippen MR) is 87.2 cm³/mol. The summed E-state index contributed by atoms with van der Waals surface area (Å²) in [4.78, 5) is 19.9. The molecule has 1 aromatic rings. The molecule has 7 heteroatoms. The van der Waals surface area contributed by atoms with E-state index in [0.29, 0.717) is 17.8 Å². The number of aromatic nitrogens is 3. The maximum atomic E-state index is 4.55. The lowest BCUT2D eigenvalue weighted by molar-refractivity contribution is 0.395. The number of hydrogen-bond donors (Lipinski definition) is 1. The molecule has 1 saturated heterocycles. The second-order valence-electron chi connectivity index (χ2n) is 5.98. The van der Waals surface area contributed by atoms with E-state index in [1.807, 2.05) is 25.9 Å². The van der Waals surface area contributed by atoms with Gasteiger partial charge in [-0.1, -0.05) is 0 Å². The molecule has 1 aromatic heterocycles. The van der Waals surface area contributed by atoms with Crippen molar-refractivity contribution in [3.8, 4) is 0 Å². The second-order valence-corrected chi connectivity index (χ2v) is 5.98. The average Bonchev–Trinajstić information content (AvgIpc) is 2.84. The Bertz CT molecular complexity index is 463. The highest BCUT2D eigenvalue weighted by atomic mass is 15.3. The summed E-state index contributed by atoms with van der Waals surface area (Å²) in [5.74, 6) is 2.74. The van der Waals surface area contributed by atoms with E-state index in [1.165, 1.54) is 13.0 Å². The van der Waals surface area contributed by atoms with Crippen LogP contribution in [0, 0.1) is 5.92 Å². The molecule has 7 nitrogen and oxygen atoms in total. The fraction of sp³-hybridized carbons (Fsp3) is 0.786. The summed E-state index contributed by atoms with van der Waals surface area (Å²) in [6, 6.07) is 0. The van der Waals surface area contributed by atoms with Crippen molar-refractivity contribution in [1.82, 2.24) is 19.9 Å². The Labute approximate surface area is 127 Å². The molecule has 2 rings (SSSR count). The normalized spacial score (nSPS) is 18.8. The molecule has 1 unspecified atom stereocenters. The minimum Gasteiger partial charge on any atom is -0.354 e. The highest BCUT2D eigenvalue weighted by molar-refractivity contribution is 5.44. The molecule has 21 heavy (non-hydrogen) atoms. The zero-order valence-corrected chi connectivity index (χ0v) is 13.8. The van der Waals surface area contributed by atoms with Crippen LogP contribution in [0.4, 0.5) is 17.8 Å². The van der Waals surface area contributed by atoms with Gasteiger partial charge in [0, 0.05) is 40.8 Å². The second kappa shape index (κ2) is 6.89. The average molecular weight is 293 g/mol. The molecule has 0 spiro atoms. The summed E-state index contributed by atoms with van der Waals surface area (Å²) in [7, 11) is 8.13. The predicted octanol–water partition coefficient (Wildman–Crippen LogP) is 0.757. The molecule has 1 aliphatic rings. The van der Waals surface area contributed by atoms with E-state index in [4.69, 9.17) is 0 Å².